The lowest BCUT2D eigenvalue weighted by molar-refractivity contribution is 0.784. The Kier molecular flexibility index (Phi) is 4.41. The van der Waals surface area contributed by atoms with E-state index in [9.17, 15) is 0 Å². The third-order valence-electron chi connectivity index (χ3n) is 3.99. The van der Waals surface area contributed by atoms with Crippen molar-refractivity contribution in [3.05, 3.63) is 58.6 Å². The summed E-state index contributed by atoms with van der Waals surface area (Å²) in [4.78, 5) is 9.44. The normalized spacial score (nSPS) is 15.8. The summed E-state index contributed by atoms with van der Waals surface area (Å²) in [7, 11) is 0. The van der Waals surface area contributed by atoms with Crippen molar-refractivity contribution in [2.24, 2.45) is 4.99 Å². The van der Waals surface area contributed by atoms with E-state index in [-0.39, 0.29) is 12.4 Å². The second kappa shape index (κ2) is 6.31. The molecule has 114 valence electrons. The van der Waals surface area contributed by atoms with Crippen LogP contribution in [0.3, 0.4) is 0 Å². The number of hydrogen-bond donors (Lipinski definition) is 0. The molecule has 0 bridgehead atoms. The van der Waals surface area contributed by atoms with Gasteiger partial charge < -0.3 is 9.80 Å². The van der Waals surface area contributed by atoms with Crippen molar-refractivity contribution in [3.63, 3.8) is 0 Å². The van der Waals surface area contributed by atoms with Gasteiger partial charge in [-0.15, -0.1) is 12.4 Å². The zero-order valence-corrected chi connectivity index (χ0v) is 14.5. The number of guanidine groups is 1. The van der Waals surface area contributed by atoms with E-state index in [1.54, 1.807) is 0 Å². The van der Waals surface area contributed by atoms with Crippen LogP contribution in [0.4, 0.5) is 11.4 Å². The van der Waals surface area contributed by atoms with Gasteiger partial charge in [0.05, 0.1) is 17.9 Å². The van der Waals surface area contributed by atoms with Gasteiger partial charge in [0.2, 0.25) is 5.96 Å². The Morgan fingerprint density at radius 1 is 1.00 bits per heavy atom. The molecule has 0 N–H and O–H groups in total. The summed E-state index contributed by atoms with van der Waals surface area (Å²) in [5.41, 5.74) is 3.84. The van der Waals surface area contributed by atoms with Gasteiger partial charge in [-0.05, 0) is 36.2 Å². The molecule has 0 amide bonds. The highest BCUT2D eigenvalue weighted by Gasteiger charge is 2.33. The van der Waals surface area contributed by atoms with Gasteiger partial charge in [0.1, 0.15) is 0 Å². The second-order valence-corrected chi connectivity index (χ2v) is 6.30. The minimum Gasteiger partial charge on any atom is -0.310 e. The van der Waals surface area contributed by atoms with Crippen LogP contribution in [0.15, 0.2) is 58.0 Å². The fraction of sp³-hybridized carbons (Fsp3) is 0.235. The van der Waals surface area contributed by atoms with Crippen molar-refractivity contribution >= 4 is 45.7 Å². The summed E-state index contributed by atoms with van der Waals surface area (Å²) in [6.45, 7) is 2.85. The van der Waals surface area contributed by atoms with Gasteiger partial charge in [0, 0.05) is 17.6 Å². The van der Waals surface area contributed by atoms with Gasteiger partial charge in [-0.1, -0.05) is 40.2 Å². The number of hydrogen-bond acceptors (Lipinski definition) is 3. The standard InChI is InChI=1S/C17H16BrN3.ClH/c18-14-8-6-13(7-9-14)12-21-16-5-2-1-4-15(16)20-11-3-10-19-17(20)21;/h1-2,4-9H,3,10-12H2;1H. The molecule has 2 aliphatic heterocycles. The molecule has 0 unspecified atom stereocenters. The first-order valence-electron chi connectivity index (χ1n) is 7.26. The number of rotatable bonds is 2. The average molecular weight is 379 g/mol. The Bertz CT molecular complexity index is 699. The smallest absolute Gasteiger partial charge is 0.206 e. The molecule has 2 aromatic carbocycles. The molecule has 22 heavy (non-hydrogen) atoms. The average Bonchev–Trinajstić information content (AvgIpc) is 2.85. The molecule has 0 fully saturated rings. The number of aliphatic imine (C=N–C) groups is 1. The molecule has 5 heteroatoms. The van der Waals surface area contributed by atoms with Crippen LogP contribution in [0, 0.1) is 0 Å². The summed E-state index contributed by atoms with van der Waals surface area (Å²) >= 11 is 3.49. The van der Waals surface area contributed by atoms with E-state index in [0.717, 1.165) is 36.5 Å². The Morgan fingerprint density at radius 3 is 2.50 bits per heavy atom. The third kappa shape index (κ3) is 2.61. The molecule has 2 aromatic rings. The highest BCUT2D eigenvalue weighted by molar-refractivity contribution is 9.10. The van der Waals surface area contributed by atoms with Crippen molar-refractivity contribution in [2.75, 3.05) is 22.9 Å². The Morgan fingerprint density at radius 2 is 1.73 bits per heavy atom. The van der Waals surface area contributed by atoms with Crippen LogP contribution >= 0.6 is 28.3 Å². The second-order valence-electron chi connectivity index (χ2n) is 5.39. The van der Waals surface area contributed by atoms with Crippen LogP contribution in [0.2, 0.25) is 0 Å². The van der Waals surface area contributed by atoms with E-state index in [2.05, 4.69) is 74.3 Å². The lowest BCUT2D eigenvalue weighted by Gasteiger charge is -2.26. The van der Waals surface area contributed by atoms with E-state index < -0.39 is 0 Å². The van der Waals surface area contributed by atoms with Crippen LogP contribution in [0.25, 0.3) is 0 Å². The number of nitrogens with zero attached hydrogens (tertiary/aromatic N) is 3. The first kappa shape index (κ1) is 15.4. The Labute approximate surface area is 145 Å². The predicted molar refractivity (Wildman–Crippen MR) is 98.3 cm³/mol. The van der Waals surface area contributed by atoms with Crippen molar-refractivity contribution in [1.29, 1.82) is 0 Å². The van der Waals surface area contributed by atoms with Gasteiger partial charge >= 0.3 is 0 Å². The molecule has 0 spiro atoms. The number of anilines is 2. The zero-order chi connectivity index (χ0) is 14.2. The predicted octanol–water partition coefficient (Wildman–Crippen LogP) is 4.46. The van der Waals surface area contributed by atoms with E-state index in [1.165, 1.54) is 16.9 Å². The van der Waals surface area contributed by atoms with Crippen LogP contribution in [0.1, 0.15) is 12.0 Å². The van der Waals surface area contributed by atoms with E-state index in [0.29, 0.717) is 0 Å². The molecule has 4 rings (SSSR count). The van der Waals surface area contributed by atoms with Gasteiger partial charge in [-0.3, -0.25) is 4.99 Å². The van der Waals surface area contributed by atoms with Gasteiger partial charge in [-0.25, -0.2) is 0 Å². The quantitative estimate of drug-likeness (QED) is 0.768. The Balaban J connectivity index is 0.00000144. The molecular weight excluding hydrogens is 362 g/mol. The van der Waals surface area contributed by atoms with Gasteiger partial charge in [0.25, 0.3) is 0 Å². The molecule has 3 nitrogen and oxygen atoms in total. The summed E-state index contributed by atoms with van der Waals surface area (Å²) in [5.74, 6) is 1.10. The first-order chi connectivity index (χ1) is 10.3. The molecule has 0 atom stereocenters. The van der Waals surface area contributed by atoms with Crippen molar-refractivity contribution in [1.82, 2.24) is 0 Å². The SMILES string of the molecule is Brc1ccc(CN2C3=NCCCN3c3ccccc32)cc1.Cl. The monoisotopic (exact) mass is 377 g/mol. The highest BCUT2D eigenvalue weighted by atomic mass is 79.9. The minimum absolute atomic E-state index is 0. The fourth-order valence-electron chi connectivity index (χ4n) is 3.01. The number of benzene rings is 2. The lowest BCUT2D eigenvalue weighted by atomic mass is 10.2. The largest absolute Gasteiger partial charge is 0.310 e. The summed E-state index contributed by atoms with van der Waals surface area (Å²) in [6, 6.07) is 17.1. The van der Waals surface area contributed by atoms with Crippen molar-refractivity contribution in [3.8, 4) is 0 Å². The molecule has 0 radical (unpaired) electrons. The fourth-order valence-corrected chi connectivity index (χ4v) is 3.27. The van der Waals surface area contributed by atoms with E-state index in [1.807, 2.05) is 0 Å². The topological polar surface area (TPSA) is 18.8 Å². The number of para-hydroxylation sites is 2. The molecule has 2 aliphatic rings. The lowest BCUT2D eigenvalue weighted by Crippen LogP contribution is -2.41. The molecule has 0 aromatic heterocycles. The zero-order valence-electron chi connectivity index (χ0n) is 12.1. The number of halogens is 2. The maximum absolute atomic E-state index is 4.76. The van der Waals surface area contributed by atoms with Crippen LogP contribution < -0.4 is 9.80 Å². The maximum atomic E-state index is 4.76. The first-order valence-corrected chi connectivity index (χ1v) is 8.05. The molecule has 0 saturated heterocycles. The Hall–Kier alpha value is -1.52. The summed E-state index contributed by atoms with van der Waals surface area (Å²) in [5, 5.41) is 0. The maximum Gasteiger partial charge on any atom is 0.206 e. The summed E-state index contributed by atoms with van der Waals surface area (Å²) < 4.78 is 1.12. The van der Waals surface area contributed by atoms with Crippen LogP contribution in [-0.2, 0) is 6.54 Å². The van der Waals surface area contributed by atoms with Crippen molar-refractivity contribution in [2.45, 2.75) is 13.0 Å². The van der Waals surface area contributed by atoms with E-state index >= 15 is 0 Å². The van der Waals surface area contributed by atoms with Gasteiger partial charge in [0.15, 0.2) is 0 Å². The van der Waals surface area contributed by atoms with Crippen molar-refractivity contribution < 1.29 is 0 Å². The molecule has 0 aliphatic carbocycles. The number of fused-ring (bicyclic) bond motifs is 3. The molecular formula is C17H17BrClN3. The molecule has 0 saturated carbocycles. The van der Waals surface area contributed by atoms with Gasteiger partial charge in [-0.2, -0.15) is 0 Å². The third-order valence-corrected chi connectivity index (χ3v) is 4.52. The molecule has 2 heterocycles. The summed E-state index contributed by atoms with van der Waals surface area (Å²) in [6.07, 6.45) is 1.13. The van der Waals surface area contributed by atoms with E-state index in [4.69, 9.17) is 4.99 Å². The minimum atomic E-state index is 0. The van der Waals surface area contributed by atoms with Crippen LogP contribution in [-0.4, -0.2) is 19.0 Å². The highest BCUT2D eigenvalue weighted by Crippen LogP contribution is 2.39. The van der Waals surface area contributed by atoms with Crippen LogP contribution in [0.5, 0.6) is 0 Å².